The summed E-state index contributed by atoms with van der Waals surface area (Å²) in [4.78, 5) is 36.6. The minimum atomic E-state index is -1.86. The first kappa shape index (κ1) is 46.5. The van der Waals surface area contributed by atoms with Gasteiger partial charge in [-0.05, 0) is 64.2 Å². The van der Waals surface area contributed by atoms with Gasteiger partial charge in [-0.2, -0.15) is 0 Å². The van der Waals surface area contributed by atoms with E-state index in [2.05, 4.69) is 50.3 Å². The summed E-state index contributed by atoms with van der Waals surface area (Å²) in [6.07, 6.45) is 23.5. The Morgan fingerprint density at radius 3 is 1.73 bits per heavy atom. The van der Waals surface area contributed by atoms with Crippen LogP contribution >= 0.6 is 0 Å². The summed E-state index contributed by atoms with van der Waals surface area (Å²) < 4.78 is 21.6. The highest BCUT2D eigenvalue weighted by molar-refractivity contribution is 5.73. The predicted molar refractivity (Wildman–Crippen MR) is 197 cm³/mol. The van der Waals surface area contributed by atoms with Crippen molar-refractivity contribution in [2.75, 3.05) is 13.2 Å². The van der Waals surface area contributed by atoms with Gasteiger partial charge >= 0.3 is 17.9 Å². The number of carbonyl (C=O) groups is 3. The molecule has 4 N–H and O–H groups in total. The maximum Gasteiger partial charge on any atom is 0.335 e. The molecule has 6 atom stereocenters. The Labute approximate surface area is 306 Å². The molecule has 0 aliphatic carbocycles. The van der Waals surface area contributed by atoms with Crippen LogP contribution in [-0.4, -0.2) is 88.4 Å². The maximum absolute atomic E-state index is 12.6. The maximum atomic E-state index is 12.6. The average molecular weight is 725 g/mol. The van der Waals surface area contributed by atoms with Crippen molar-refractivity contribution in [3.63, 3.8) is 0 Å². The van der Waals surface area contributed by atoms with Crippen LogP contribution in [0.2, 0.25) is 0 Å². The number of esters is 2. The lowest BCUT2D eigenvalue weighted by Gasteiger charge is -2.38. The van der Waals surface area contributed by atoms with E-state index in [9.17, 15) is 34.8 Å². The average Bonchev–Trinajstić information content (AvgIpc) is 3.11. The highest BCUT2D eigenvalue weighted by atomic mass is 16.7. The Morgan fingerprint density at radius 2 is 1.14 bits per heavy atom. The Morgan fingerprint density at radius 1 is 0.608 bits per heavy atom. The molecule has 0 spiro atoms. The molecule has 1 aliphatic heterocycles. The van der Waals surface area contributed by atoms with Gasteiger partial charge in [-0.15, -0.1) is 0 Å². The molecule has 6 unspecified atom stereocenters. The van der Waals surface area contributed by atoms with Crippen LogP contribution in [0.5, 0.6) is 0 Å². The lowest BCUT2D eigenvalue weighted by molar-refractivity contribution is -0.298. The largest absolute Gasteiger partial charge is 0.479 e. The first-order valence-corrected chi connectivity index (χ1v) is 19.5. The van der Waals surface area contributed by atoms with Crippen LogP contribution < -0.4 is 0 Å². The molecule has 51 heavy (non-hydrogen) atoms. The minimum absolute atomic E-state index is 0.168. The van der Waals surface area contributed by atoms with Gasteiger partial charge in [0.15, 0.2) is 18.5 Å². The fraction of sp³-hybridized carbons (Fsp3) is 0.775. The normalized spacial score (nSPS) is 21.5. The lowest BCUT2D eigenvalue weighted by Crippen LogP contribution is -2.60. The first-order valence-electron chi connectivity index (χ1n) is 19.5. The van der Waals surface area contributed by atoms with Gasteiger partial charge in [0, 0.05) is 12.8 Å². The lowest BCUT2D eigenvalue weighted by atomic mass is 9.99. The third-order valence-corrected chi connectivity index (χ3v) is 8.69. The number of aliphatic carboxylic acids is 1. The predicted octanol–water partition coefficient (Wildman–Crippen LogP) is 7.25. The number of aliphatic hydroxyl groups excluding tert-OH is 3. The van der Waals surface area contributed by atoms with Crippen LogP contribution in [0, 0.1) is 0 Å². The standard InChI is InChI=1S/C40H68O11/c1-3-5-7-9-11-13-15-16-17-18-19-21-22-24-26-28-33(41)48-30-32(31-49-40-37(45)35(43)36(44)38(51-40)39(46)47)50-34(42)29-27-25-23-20-14-12-10-8-6-4-2/h8,10-11,13,16-17,32,35-38,40,43-45H,3-7,9,12,14-15,18-31H2,1-2H3,(H,46,47)/b10-8-,13-11-,17-16-. The second-order valence-corrected chi connectivity index (χ2v) is 13.4. The van der Waals surface area contributed by atoms with Crippen LogP contribution in [-0.2, 0) is 33.3 Å². The fourth-order valence-electron chi connectivity index (χ4n) is 5.56. The quantitative estimate of drug-likeness (QED) is 0.0323. The van der Waals surface area contributed by atoms with Crippen LogP contribution in [0.3, 0.4) is 0 Å². The van der Waals surface area contributed by atoms with Gasteiger partial charge in [-0.3, -0.25) is 9.59 Å². The molecule has 1 aliphatic rings. The van der Waals surface area contributed by atoms with Gasteiger partial charge in [0.05, 0.1) is 6.61 Å². The van der Waals surface area contributed by atoms with E-state index in [0.29, 0.717) is 12.8 Å². The number of hydrogen-bond donors (Lipinski definition) is 4. The number of unbranched alkanes of at least 4 members (excludes halogenated alkanes) is 14. The Balaban J connectivity index is 2.44. The summed E-state index contributed by atoms with van der Waals surface area (Å²) in [5.41, 5.74) is 0. The van der Waals surface area contributed by atoms with E-state index in [1.165, 1.54) is 19.3 Å². The van der Waals surface area contributed by atoms with E-state index in [-0.39, 0.29) is 19.4 Å². The van der Waals surface area contributed by atoms with E-state index in [0.717, 1.165) is 89.9 Å². The highest BCUT2D eigenvalue weighted by Gasteiger charge is 2.47. The summed E-state index contributed by atoms with van der Waals surface area (Å²) in [6, 6.07) is 0. The third-order valence-electron chi connectivity index (χ3n) is 8.69. The smallest absolute Gasteiger partial charge is 0.335 e. The van der Waals surface area contributed by atoms with E-state index in [1.807, 2.05) is 0 Å². The number of rotatable bonds is 31. The summed E-state index contributed by atoms with van der Waals surface area (Å²) >= 11 is 0. The second kappa shape index (κ2) is 31.0. The number of carboxylic acids is 1. The monoisotopic (exact) mass is 724 g/mol. The SMILES string of the molecule is CCC/C=C\CCCCCCCC(=O)OC(COC(=O)CCCCCCC/C=C\C/C=C\CCCCC)COC1OC(C(=O)O)C(O)C(O)C1O. The van der Waals surface area contributed by atoms with E-state index >= 15 is 0 Å². The number of ether oxygens (including phenoxy) is 4. The van der Waals surface area contributed by atoms with Gasteiger partial charge in [-0.1, -0.05) is 108 Å². The molecule has 0 aromatic rings. The molecular weight excluding hydrogens is 656 g/mol. The fourth-order valence-corrected chi connectivity index (χ4v) is 5.56. The van der Waals surface area contributed by atoms with Crippen molar-refractivity contribution in [1.29, 1.82) is 0 Å². The second-order valence-electron chi connectivity index (χ2n) is 13.4. The van der Waals surface area contributed by atoms with Crippen LogP contribution in [0.15, 0.2) is 36.5 Å². The molecule has 294 valence electrons. The third kappa shape index (κ3) is 23.6. The zero-order valence-electron chi connectivity index (χ0n) is 31.3. The highest BCUT2D eigenvalue weighted by Crippen LogP contribution is 2.23. The molecule has 1 fully saturated rings. The Kier molecular flexibility index (Phi) is 28.2. The molecule has 1 heterocycles. The number of carboxylic acid groups (broad SMARTS) is 1. The van der Waals surface area contributed by atoms with E-state index in [4.69, 9.17) is 18.9 Å². The summed E-state index contributed by atoms with van der Waals surface area (Å²) in [7, 11) is 0. The van der Waals surface area contributed by atoms with Crippen LogP contribution in [0.1, 0.15) is 149 Å². The molecule has 0 saturated carbocycles. The van der Waals surface area contributed by atoms with E-state index < -0.39 is 61.3 Å². The Hall–Kier alpha value is -2.57. The number of hydrogen-bond acceptors (Lipinski definition) is 10. The van der Waals surface area contributed by atoms with Crippen molar-refractivity contribution in [1.82, 2.24) is 0 Å². The molecule has 11 heteroatoms. The van der Waals surface area contributed by atoms with Crippen molar-refractivity contribution in [2.24, 2.45) is 0 Å². The molecule has 0 bridgehead atoms. The molecule has 0 aromatic carbocycles. The van der Waals surface area contributed by atoms with Crippen molar-refractivity contribution < 1.29 is 53.8 Å². The number of allylic oxidation sites excluding steroid dienone is 6. The van der Waals surface area contributed by atoms with Crippen molar-refractivity contribution in [3.8, 4) is 0 Å². The van der Waals surface area contributed by atoms with Crippen LogP contribution in [0.25, 0.3) is 0 Å². The number of aliphatic hydroxyl groups is 3. The van der Waals surface area contributed by atoms with Gasteiger partial charge in [0.25, 0.3) is 0 Å². The molecule has 0 radical (unpaired) electrons. The minimum Gasteiger partial charge on any atom is -0.479 e. The van der Waals surface area contributed by atoms with Crippen molar-refractivity contribution in [3.05, 3.63) is 36.5 Å². The van der Waals surface area contributed by atoms with Crippen LogP contribution in [0.4, 0.5) is 0 Å². The topological polar surface area (TPSA) is 169 Å². The summed E-state index contributed by atoms with van der Waals surface area (Å²) in [6.45, 7) is 3.67. The van der Waals surface area contributed by atoms with Gasteiger partial charge in [-0.25, -0.2) is 4.79 Å². The molecule has 0 amide bonds. The summed E-state index contributed by atoms with van der Waals surface area (Å²) in [5.74, 6) is -2.48. The zero-order valence-corrected chi connectivity index (χ0v) is 31.3. The first-order chi connectivity index (χ1) is 24.7. The van der Waals surface area contributed by atoms with Gasteiger partial charge < -0.3 is 39.4 Å². The van der Waals surface area contributed by atoms with Gasteiger partial charge in [0.2, 0.25) is 0 Å². The van der Waals surface area contributed by atoms with Crippen molar-refractivity contribution in [2.45, 2.75) is 185 Å². The molecule has 0 aromatic heterocycles. The zero-order chi connectivity index (χ0) is 37.5. The van der Waals surface area contributed by atoms with E-state index in [1.54, 1.807) is 0 Å². The summed E-state index contributed by atoms with van der Waals surface area (Å²) in [5, 5.41) is 39.6. The molecular formula is C40H68O11. The van der Waals surface area contributed by atoms with Gasteiger partial charge in [0.1, 0.15) is 24.9 Å². The Bertz CT molecular complexity index is 995. The molecule has 1 rings (SSSR count). The molecule has 1 saturated heterocycles. The molecule has 11 nitrogen and oxygen atoms in total. The van der Waals surface area contributed by atoms with Crippen molar-refractivity contribution >= 4 is 17.9 Å². The number of carbonyl (C=O) groups excluding carboxylic acids is 2.